The maximum atomic E-state index is 5.68. The second kappa shape index (κ2) is 3.59. The van der Waals surface area contributed by atoms with Crippen LogP contribution in [-0.4, -0.2) is 18.1 Å². The zero-order chi connectivity index (χ0) is 8.44. The Morgan fingerprint density at radius 2 is 2.25 bits per heavy atom. The summed E-state index contributed by atoms with van der Waals surface area (Å²) < 4.78 is 0. The lowest BCUT2D eigenvalue weighted by Gasteiger charge is -2.46. The summed E-state index contributed by atoms with van der Waals surface area (Å²) in [6.07, 6.45) is 7.15. The third-order valence-electron chi connectivity index (χ3n) is 3.79. The fraction of sp³-hybridized carbons (Fsp3) is 1.00. The molecule has 1 heterocycles. The molecular weight excluding hydrogens is 166 g/mol. The van der Waals surface area contributed by atoms with Crippen LogP contribution in [0.15, 0.2) is 0 Å². The van der Waals surface area contributed by atoms with Gasteiger partial charge in [0.25, 0.3) is 0 Å². The Kier molecular flexibility index (Phi) is 2.66. The lowest BCUT2D eigenvalue weighted by molar-refractivity contribution is 0.0546. The van der Waals surface area contributed by atoms with Gasteiger partial charge in [0.1, 0.15) is 0 Å². The van der Waals surface area contributed by atoms with E-state index in [0.717, 1.165) is 12.5 Å². The Bertz CT molecular complexity index is 148. The number of hydrogen-bond donors (Lipinski definition) is 1. The molecule has 1 nitrogen and oxygen atoms in total. The van der Waals surface area contributed by atoms with Crippen LogP contribution in [0, 0.1) is 11.3 Å². The van der Waals surface area contributed by atoms with Crippen molar-refractivity contribution in [3.05, 3.63) is 0 Å². The van der Waals surface area contributed by atoms with Crippen molar-refractivity contribution in [1.29, 1.82) is 0 Å². The third kappa shape index (κ3) is 1.39. The zero-order valence-electron chi connectivity index (χ0n) is 7.72. The molecule has 0 aromatic carbocycles. The molecule has 2 N–H and O–H groups in total. The van der Waals surface area contributed by atoms with Crippen LogP contribution in [0.5, 0.6) is 0 Å². The summed E-state index contributed by atoms with van der Waals surface area (Å²) in [6.45, 7) is 0.904. The van der Waals surface area contributed by atoms with E-state index in [0.29, 0.717) is 5.41 Å². The van der Waals surface area contributed by atoms with E-state index in [9.17, 15) is 0 Å². The van der Waals surface area contributed by atoms with E-state index in [2.05, 4.69) is 11.8 Å². The Balaban J connectivity index is 1.95. The van der Waals surface area contributed by atoms with Gasteiger partial charge in [0.15, 0.2) is 0 Å². The van der Waals surface area contributed by atoms with Crippen LogP contribution in [0.1, 0.15) is 32.1 Å². The van der Waals surface area contributed by atoms with Crippen LogP contribution in [0.4, 0.5) is 0 Å². The highest BCUT2D eigenvalue weighted by molar-refractivity contribution is 7.99. The van der Waals surface area contributed by atoms with Crippen molar-refractivity contribution in [2.75, 3.05) is 18.1 Å². The minimum atomic E-state index is 0.707. The van der Waals surface area contributed by atoms with Crippen LogP contribution in [-0.2, 0) is 0 Å². The van der Waals surface area contributed by atoms with E-state index in [4.69, 9.17) is 5.73 Å². The highest BCUT2D eigenvalue weighted by atomic mass is 32.2. The molecular formula is C10H19NS. The fourth-order valence-corrected chi connectivity index (χ4v) is 4.22. The van der Waals surface area contributed by atoms with Crippen molar-refractivity contribution in [1.82, 2.24) is 0 Å². The number of nitrogens with two attached hydrogens (primary N) is 1. The molecule has 0 spiro atoms. The summed E-state index contributed by atoms with van der Waals surface area (Å²) in [5.74, 6) is 3.83. The molecule has 0 bridgehead atoms. The summed E-state index contributed by atoms with van der Waals surface area (Å²) >= 11 is 2.14. The molecule has 2 heteroatoms. The smallest absolute Gasteiger partial charge is 0.00335 e. The molecule has 1 aliphatic heterocycles. The van der Waals surface area contributed by atoms with Gasteiger partial charge in [0.2, 0.25) is 0 Å². The summed E-state index contributed by atoms with van der Waals surface area (Å²) in [6, 6.07) is 0. The maximum absolute atomic E-state index is 5.68. The Labute approximate surface area is 79.5 Å². The van der Waals surface area contributed by atoms with Crippen molar-refractivity contribution in [3.8, 4) is 0 Å². The lowest BCUT2D eigenvalue weighted by Crippen LogP contribution is -2.39. The molecule has 2 fully saturated rings. The largest absolute Gasteiger partial charge is 0.330 e. The second-order valence-electron chi connectivity index (χ2n) is 4.32. The van der Waals surface area contributed by atoms with E-state index in [-0.39, 0.29) is 0 Å². The summed E-state index contributed by atoms with van der Waals surface area (Å²) in [5.41, 5.74) is 6.39. The quantitative estimate of drug-likeness (QED) is 0.730. The molecule has 12 heavy (non-hydrogen) atoms. The van der Waals surface area contributed by atoms with Crippen molar-refractivity contribution in [2.24, 2.45) is 17.1 Å². The highest BCUT2D eigenvalue weighted by Gasteiger charge is 2.43. The van der Waals surface area contributed by atoms with E-state index in [1.54, 1.807) is 0 Å². The molecule has 1 saturated carbocycles. The summed E-state index contributed by atoms with van der Waals surface area (Å²) in [7, 11) is 0. The maximum Gasteiger partial charge on any atom is -0.00335 e. The molecule has 2 rings (SSSR count). The molecule has 1 atom stereocenters. The van der Waals surface area contributed by atoms with Gasteiger partial charge < -0.3 is 5.73 Å². The molecule has 0 aromatic rings. The minimum Gasteiger partial charge on any atom is -0.330 e. The average molecular weight is 185 g/mol. The molecule has 1 unspecified atom stereocenters. The summed E-state index contributed by atoms with van der Waals surface area (Å²) in [5, 5.41) is 0. The van der Waals surface area contributed by atoms with Crippen LogP contribution >= 0.6 is 11.8 Å². The van der Waals surface area contributed by atoms with Crippen LogP contribution in [0.2, 0.25) is 0 Å². The van der Waals surface area contributed by atoms with E-state index in [1.807, 2.05) is 0 Å². The lowest BCUT2D eigenvalue weighted by atomic mass is 9.59. The molecule has 70 valence electrons. The standard InChI is InChI=1S/C10H19NS/c11-6-5-10(3-1-4-10)9-2-7-12-8-9/h9H,1-8,11H2. The first-order valence-corrected chi connectivity index (χ1v) is 6.31. The number of hydrogen-bond acceptors (Lipinski definition) is 2. The normalized spacial score (nSPS) is 33.2. The summed E-state index contributed by atoms with van der Waals surface area (Å²) in [4.78, 5) is 0. The first kappa shape index (κ1) is 8.89. The third-order valence-corrected chi connectivity index (χ3v) is 4.95. The van der Waals surface area contributed by atoms with Gasteiger partial charge in [-0.3, -0.25) is 0 Å². The van der Waals surface area contributed by atoms with Gasteiger partial charge in [-0.1, -0.05) is 6.42 Å². The van der Waals surface area contributed by atoms with Crippen molar-refractivity contribution in [3.63, 3.8) is 0 Å². The van der Waals surface area contributed by atoms with E-state index < -0.39 is 0 Å². The fourth-order valence-electron chi connectivity index (χ4n) is 2.80. The number of thioether (sulfide) groups is 1. The number of rotatable bonds is 3. The first-order valence-electron chi connectivity index (χ1n) is 5.15. The van der Waals surface area contributed by atoms with Gasteiger partial charge in [-0.2, -0.15) is 11.8 Å². The van der Waals surface area contributed by atoms with Crippen molar-refractivity contribution in [2.45, 2.75) is 32.1 Å². The van der Waals surface area contributed by atoms with Gasteiger partial charge in [-0.15, -0.1) is 0 Å². The molecule has 1 saturated heterocycles. The van der Waals surface area contributed by atoms with Crippen molar-refractivity contribution >= 4 is 11.8 Å². The van der Waals surface area contributed by atoms with Gasteiger partial charge in [0, 0.05) is 0 Å². The Hall–Kier alpha value is 0.310. The molecule has 0 amide bonds. The van der Waals surface area contributed by atoms with E-state index >= 15 is 0 Å². The molecule has 0 aromatic heterocycles. The van der Waals surface area contributed by atoms with Gasteiger partial charge in [0.05, 0.1) is 0 Å². The van der Waals surface area contributed by atoms with Crippen LogP contribution in [0.25, 0.3) is 0 Å². The second-order valence-corrected chi connectivity index (χ2v) is 5.46. The minimum absolute atomic E-state index is 0.707. The van der Waals surface area contributed by atoms with Crippen LogP contribution in [0.3, 0.4) is 0 Å². The van der Waals surface area contributed by atoms with Crippen LogP contribution < -0.4 is 5.73 Å². The molecule has 1 aliphatic carbocycles. The monoisotopic (exact) mass is 185 g/mol. The average Bonchev–Trinajstić information content (AvgIpc) is 2.48. The SMILES string of the molecule is NCCC1(C2CCSC2)CCC1. The van der Waals surface area contributed by atoms with Gasteiger partial charge in [-0.05, 0) is 55.1 Å². The highest BCUT2D eigenvalue weighted by Crippen LogP contribution is 2.53. The molecule has 0 radical (unpaired) electrons. The first-order chi connectivity index (χ1) is 5.87. The predicted octanol–water partition coefficient (Wildman–Crippen LogP) is 2.26. The Morgan fingerprint density at radius 1 is 1.42 bits per heavy atom. The predicted molar refractivity (Wildman–Crippen MR) is 55.4 cm³/mol. The zero-order valence-corrected chi connectivity index (χ0v) is 8.54. The van der Waals surface area contributed by atoms with Gasteiger partial charge in [-0.25, -0.2) is 0 Å². The molecule has 2 aliphatic rings. The van der Waals surface area contributed by atoms with Crippen molar-refractivity contribution < 1.29 is 0 Å². The Morgan fingerprint density at radius 3 is 2.67 bits per heavy atom. The van der Waals surface area contributed by atoms with Gasteiger partial charge >= 0.3 is 0 Å². The van der Waals surface area contributed by atoms with E-state index in [1.165, 1.54) is 43.6 Å². The topological polar surface area (TPSA) is 26.0 Å².